The summed E-state index contributed by atoms with van der Waals surface area (Å²) >= 11 is 7.66. The molecule has 1 aromatic heterocycles. The van der Waals surface area contributed by atoms with Crippen LogP contribution >= 0.6 is 23.4 Å². The predicted octanol–water partition coefficient (Wildman–Crippen LogP) is 3.23. The van der Waals surface area contributed by atoms with E-state index in [0.717, 1.165) is 30.3 Å². The van der Waals surface area contributed by atoms with Gasteiger partial charge in [-0.05, 0) is 18.7 Å². The normalized spacial score (nSPS) is 20.4. The summed E-state index contributed by atoms with van der Waals surface area (Å²) in [6.07, 6.45) is 4.92. The van der Waals surface area contributed by atoms with E-state index in [1.165, 1.54) is 0 Å². The quantitative estimate of drug-likeness (QED) is 0.778. The number of hydroxylamine groups is 1. The minimum atomic E-state index is 0.610. The molecule has 1 unspecified atom stereocenters. The van der Waals surface area contributed by atoms with Crippen molar-refractivity contribution in [1.82, 2.24) is 4.98 Å². The molecule has 16 heavy (non-hydrogen) atoms. The molecule has 3 nitrogen and oxygen atoms in total. The number of pyridine rings is 1. The van der Waals surface area contributed by atoms with Crippen LogP contribution in [0.4, 0.5) is 5.69 Å². The predicted molar refractivity (Wildman–Crippen MR) is 68.1 cm³/mol. The van der Waals surface area contributed by atoms with Crippen LogP contribution in [0.5, 0.6) is 0 Å². The fourth-order valence-electron chi connectivity index (χ4n) is 1.66. The number of hydrogen-bond donors (Lipinski definition) is 0. The molecule has 5 heteroatoms. The molecule has 0 spiro atoms. The van der Waals surface area contributed by atoms with Crippen LogP contribution in [-0.4, -0.2) is 24.4 Å². The zero-order chi connectivity index (χ0) is 11.5. The van der Waals surface area contributed by atoms with E-state index >= 15 is 0 Å². The van der Waals surface area contributed by atoms with E-state index in [1.807, 2.05) is 23.6 Å². The molecule has 0 N–H and O–H groups in total. The molecule has 1 aromatic rings. The van der Waals surface area contributed by atoms with Crippen molar-refractivity contribution in [1.29, 1.82) is 0 Å². The molecule has 0 bridgehead atoms. The monoisotopic (exact) mass is 258 g/mol. The van der Waals surface area contributed by atoms with E-state index in [-0.39, 0.29) is 0 Å². The number of hydrogen-bond acceptors (Lipinski definition) is 4. The lowest BCUT2D eigenvalue weighted by molar-refractivity contribution is 0.157. The van der Waals surface area contributed by atoms with E-state index in [0.29, 0.717) is 10.9 Å². The Kier molecular flexibility index (Phi) is 3.95. The summed E-state index contributed by atoms with van der Waals surface area (Å²) in [5.74, 6) is 0.610. The second kappa shape index (κ2) is 5.25. The lowest BCUT2D eigenvalue weighted by Crippen LogP contribution is -2.18. The molecule has 0 aliphatic carbocycles. The Morgan fingerprint density at radius 3 is 3.06 bits per heavy atom. The van der Waals surface area contributed by atoms with Crippen LogP contribution in [0, 0.1) is 5.92 Å². The Balaban J connectivity index is 2.13. The first kappa shape index (κ1) is 12.0. The Hall–Kier alpha value is -0.450. The number of anilines is 1. The Morgan fingerprint density at radius 1 is 1.69 bits per heavy atom. The number of aromatic nitrogens is 1. The van der Waals surface area contributed by atoms with Gasteiger partial charge < -0.3 is 0 Å². The van der Waals surface area contributed by atoms with Crippen molar-refractivity contribution in [3.63, 3.8) is 0 Å². The molecule has 0 amide bonds. The van der Waals surface area contributed by atoms with E-state index in [1.54, 1.807) is 11.8 Å². The van der Waals surface area contributed by atoms with Crippen molar-refractivity contribution in [2.24, 2.45) is 5.92 Å². The molecular weight excluding hydrogens is 244 g/mol. The van der Waals surface area contributed by atoms with Gasteiger partial charge in [-0.15, -0.1) is 11.8 Å². The number of thioether (sulfide) groups is 1. The molecule has 88 valence electrons. The highest BCUT2D eigenvalue weighted by Gasteiger charge is 2.23. The third kappa shape index (κ3) is 2.44. The topological polar surface area (TPSA) is 25.4 Å². The van der Waals surface area contributed by atoms with Gasteiger partial charge in [0.1, 0.15) is 5.03 Å². The molecule has 0 radical (unpaired) electrons. The van der Waals surface area contributed by atoms with Crippen LogP contribution < -0.4 is 5.06 Å². The van der Waals surface area contributed by atoms with Crippen LogP contribution in [0.15, 0.2) is 17.3 Å². The van der Waals surface area contributed by atoms with Gasteiger partial charge >= 0.3 is 0 Å². The summed E-state index contributed by atoms with van der Waals surface area (Å²) < 4.78 is 0. The SMILES string of the molecule is CCC1CON(c2cnc(SC)c(Cl)c2)C1. The van der Waals surface area contributed by atoms with Crippen LogP contribution in [0.25, 0.3) is 0 Å². The second-order valence-electron chi connectivity index (χ2n) is 3.82. The van der Waals surface area contributed by atoms with E-state index in [4.69, 9.17) is 16.4 Å². The van der Waals surface area contributed by atoms with Gasteiger partial charge in [-0.25, -0.2) is 4.98 Å². The highest BCUT2D eigenvalue weighted by atomic mass is 35.5. The standard InChI is InChI=1S/C11H15ClN2OS/c1-3-8-6-14(15-7-8)9-4-10(12)11(16-2)13-5-9/h4-5,8H,3,6-7H2,1-2H3. The first-order valence-electron chi connectivity index (χ1n) is 5.34. The fraction of sp³-hybridized carbons (Fsp3) is 0.545. The summed E-state index contributed by atoms with van der Waals surface area (Å²) in [4.78, 5) is 9.90. The van der Waals surface area contributed by atoms with Crippen molar-refractivity contribution in [3.8, 4) is 0 Å². The molecule has 0 saturated carbocycles. The molecule has 1 fully saturated rings. The van der Waals surface area contributed by atoms with Crippen molar-refractivity contribution in [2.75, 3.05) is 24.5 Å². The third-order valence-electron chi connectivity index (χ3n) is 2.74. The third-order valence-corrected chi connectivity index (χ3v) is 3.85. The summed E-state index contributed by atoms with van der Waals surface area (Å²) in [6.45, 7) is 3.89. The Labute approximate surface area is 105 Å². The van der Waals surface area contributed by atoms with Gasteiger partial charge in [0.2, 0.25) is 0 Å². The minimum absolute atomic E-state index is 0.610. The van der Waals surface area contributed by atoms with Crippen molar-refractivity contribution < 1.29 is 4.84 Å². The number of halogens is 1. The molecule has 1 saturated heterocycles. The number of nitrogens with zero attached hydrogens (tertiary/aromatic N) is 2. The summed E-state index contributed by atoms with van der Waals surface area (Å²) in [6, 6.07) is 1.92. The highest BCUT2D eigenvalue weighted by molar-refractivity contribution is 7.98. The highest BCUT2D eigenvalue weighted by Crippen LogP contribution is 2.29. The van der Waals surface area contributed by atoms with E-state index in [2.05, 4.69) is 11.9 Å². The zero-order valence-electron chi connectivity index (χ0n) is 9.44. The fourth-order valence-corrected chi connectivity index (χ4v) is 2.47. The first-order valence-corrected chi connectivity index (χ1v) is 6.94. The van der Waals surface area contributed by atoms with Gasteiger partial charge in [-0.2, -0.15) is 0 Å². The van der Waals surface area contributed by atoms with E-state index < -0.39 is 0 Å². The Morgan fingerprint density at radius 2 is 2.50 bits per heavy atom. The smallest absolute Gasteiger partial charge is 0.114 e. The largest absolute Gasteiger partial charge is 0.273 e. The summed E-state index contributed by atoms with van der Waals surface area (Å²) in [7, 11) is 0. The summed E-state index contributed by atoms with van der Waals surface area (Å²) in [5.41, 5.74) is 0.943. The van der Waals surface area contributed by atoms with Gasteiger partial charge in [0.25, 0.3) is 0 Å². The van der Waals surface area contributed by atoms with Crippen molar-refractivity contribution in [3.05, 3.63) is 17.3 Å². The molecule has 2 rings (SSSR count). The van der Waals surface area contributed by atoms with Crippen molar-refractivity contribution in [2.45, 2.75) is 18.4 Å². The maximum atomic E-state index is 6.11. The average molecular weight is 259 g/mol. The lowest BCUT2D eigenvalue weighted by atomic mass is 10.1. The lowest BCUT2D eigenvalue weighted by Gasteiger charge is -2.16. The van der Waals surface area contributed by atoms with Gasteiger partial charge in [-0.3, -0.25) is 9.90 Å². The number of rotatable bonds is 3. The van der Waals surface area contributed by atoms with E-state index in [9.17, 15) is 0 Å². The van der Waals surface area contributed by atoms with Crippen molar-refractivity contribution >= 4 is 29.1 Å². The van der Waals surface area contributed by atoms with Crippen LogP contribution in [0.1, 0.15) is 13.3 Å². The first-order chi connectivity index (χ1) is 7.74. The Bertz CT molecular complexity index is 375. The summed E-state index contributed by atoms with van der Waals surface area (Å²) in [5, 5.41) is 3.43. The maximum absolute atomic E-state index is 6.11. The van der Waals surface area contributed by atoms with Crippen LogP contribution in [-0.2, 0) is 4.84 Å². The molecule has 2 heterocycles. The van der Waals surface area contributed by atoms with Gasteiger partial charge in [0, 0.05) is 5.92 Å². The van der Waals surface area contributed by atoms with Crippen LogP contribution in [0.3, 0.4) is 0 Å². The van der Waals surface area contributed by atoms with Crippen LogP contribution in [0.2, 0.25) is 5.02 Å². The second-order valence-corrected chi connectivity index (χ2v) is 5.02. The molecular formula is C11H15ClN2OS. The zero-order valence-corrected chi connectivity index (χ0v) is 11.0. The van der Waals surface area contributed by atoms with Gasteiger partial charge in [-0.1, -0.05) is 18.5 Å². The molecule has 1 aliphatic rings. The van der Waals surface area contributed by atoms with Gasteiger partial charge in [0.05, 0.1) is 30.1 Å². The molecule has 0 aromatic carbocycles. The minimum Gasteiger partial charge on any atom is -0.273 e. The maximum Gasteiger partial charge on any atom is 0.114 e. The molecule has 1 aliphatic heterocycles. The average Bonchev–Trinajstić information content (AvgIpc) is 2.77. The molecule has 1 atom stereocenters. The van der Waals surface area contributed by atoms with Gasteiger partial charge in [0.15, 0.2) is 0 Å².